The lowest BCUT2D eigenvalue weighted by atomic mass is 10.1. The van der Waals surface area contributed by atoms with Gasteiger partial charge >= 0.3 is 0 Å². The molecule has 1 fully saturated rings. The number of carbonyl (C=O) groups is 2. The molecule has 0 bridgehead atoms. The number of para-hydroxylation sites is 1. The Balaban J connectivity index is 2.22. The predicted octanol–water partition coefficient (Wildman–Crippen LogP) is 0.749. The number of amides is 2. The van der Waals surface area contributed by atoms with Gasteiger partial charge in [-0.3, -0.25) is 24.3 Å². The van der Waals surface area contributed by atoms with Crippen LogP contribution in [0.4, 0.5) is 5.69 Å². The summed E-state index contributed by atoms with van der Waals surface area (Å²) in [5.41, 5.74) is 1.20. The first-order valence-corrected chi connectivity index (χ1v) is 7.43. The van der Waals surface area contributed by atoms with Gasteiger partial charge in [0.2, 0.25) is 11.8 Å². The van der Waals surface area contributed by atoms with E-state index in [-0.39, 0.29) is 17.9 Å². The fourth-order valence-electron chi connectivity index (χ4n) is 2.97. The molecule has 2 heterocycles. The van der Waals surface area contributed by atoms with Crippen LogP contribution >= 0.6 is 0 Å². The average Bonchev–Trinajstić information content (AvgIpc) is 2.48. The van der Waals surface area contributed by atoms with Gasteiger partial charge in [-0.1, -0.05) is 6.07 Å². The largest absolute Gasteiger partial charge is 0.376 e. The van der Waals surface area contributed by atoms with Gasteiger partial charge in [0.1, 0.15) is 17.4 Å². The maximum atomic E-state index is 12.9. The standard InChI is InChI=1S/C16H18N4O3/c1-9-17-14-10(5-4-6-11(14)19(2)3)16(23)20(9)12-7-8-13(21)18-15(12)22/h4-6,12H,7-8H2,1-3H3,(H,18,21,22). The average molecular weight is 314 g/mol. The van der Waals surface area contributed by atoms with E-state index < -0.39 is 11.9 Å². The number of imide groups is 1. The molecule has 1 saturated heterocycles. The highest BCUT2D eigenvalue weighted by Gasteiger charge is 2.30. The first-order chi connectivity index (χ1) is 10.9. The maximum Gasteiger partial charge on any atom is 0.262 e. The molecule has 1 aliphatic heterocycles. The summed E-state index contributed by atoms with van der Waals surface area (Å²) < 4.78 is 1.39. The minimum Gasteiger partial charge on any atom is -0.376 e. The molecule has 1 aliphatic rings. The number of fused-ring (bicyclic) bond motifs is 1. The lowest BCUT2D eigenvalue weighted by Crippen LogP contribution is -2.45. The Morgan fingerprint density at radius 3 is 2.65 bits per heavy atom. The number of hydrogen-bond acceptors (Lipinski definition) is 5. The Hall–Kier alpha value is -2.70. The number of carbonyl (C=O) groups excluding carboxylic acids is 2. The third kappa shape index (κ3) is 2.48. The normalized spacial score (nSPS) is 18.1. The summed E-state index contributed by atoms with van der Waals surface area (Å²) in [5, 5.41) is 2.75. The van der Waals surface area contributed by atoms with Crippen LogP contribution < -0.4 is 15.8 Å². The number of piperidine rings is 1. The highest BCUT2D eigenvalue weighted by Crippen LogP contribution is 2.24. The van der Waals surface area contributed by atoms with Crippen LogP contribution in [-0.4, -0.2) is 35.5 Å². The van der Waals surface area contributed by atoms with Crippen molar-refractivity contribution < 1.29 is 9.59 Å². The summed E-state index contributed by atoms with van der Waals surface area (Å²) in [6.07, 6.45) is 0.532. The molecule has 120 valence electrons. The van der Waals surface area contributed by atoms with Gasteiger partial charge in [-0.15, -0.1) is 0 Å². The highest BCUT2D eigenvalue weighted by molar-refractivity contribution is 5.99. The maximum absolute atomic E-state index is 12.9. The van der Waals surface area contributed by atoms with E-state index in [2.05, 4.69) is 10.3 Å². The van der Waals surface area contributed by atoms with E-state index in [1.807, 2.05) is 25.1 Å². The van der Waals surface area contributed by atoms with Gasteiger partial charge in [-0.25, -0.2) is 4.98 Å². The number of aromatic nitrogens is 2. The van der Waals surface area contributed by atoms with E-state index >= 15 is 0 Å². The van der Waals surface area contributed by atoms with Crippen LogP contribution in [0.25, 0.3) is 10.9 Å². The third-order valence-corrected chi connectivity index (χ3v) is 4.09. The fourth-order valence-corrected chi connectivity index (χ4v) is 2.97. The zero-order valence-corrected chi connectivity index (χ0v) is 13.3. The lowest BCUT2D eigenvalue weighted by molar-refractivity contribution is -0.135. The molecule has 23 heavy (non-hydrogen) atoms. The van der Waals surface area contributed by atoms with Crippen molar-refractivity contribution in [3.8, 4) is 0 Å². The number of rotatable bonds is 2. The van der Waals surface area contributed by atoms with Crippen molar-refractivity contribution in [3.63, 3.8) is 0 Å². The van der Waals surface area contributed by atoms with Crippen molar-refractivity contribution in [1.82, 2.24) is 14.9 Å². The van der Waals surface area contributed by atoms with Crippen molar-refractivity contribution in [2.45, 2.75) is 25.8 Å². The minimum absolute atomic E-state index is 0.220. The predicted molar refractivity (Wildman–Crippen MR) is 86.5 cm³/mol. The highest BCUT2D eigenvalue weighted by atomic mass is 16.2. The molecule has 1 unspecified atom stereocenters. The van der Waals surface area contributed by atoms with E-state index in [9.17, 15) is 14.4 Å². The molecule has 0 spiro atoms. The molecule has 1 aromatic carbocycles. The number of anilines is 1. The van der Waals surface area contributed by atoms with Gasteiger partial charge < -0.3 is 4.90 Å². The number of aryl methyl sites for hydroxylation is 1. The SMILES string of the molecule is Cc1nc2c(N(C)C)cccc2c(=O)n1C1CCC(=O)NC1=O. The van der Waals surface area contributed by atoms with Gasteiger partial charge in [0.25, 0.3) is 5.56 Å². The smallest absolute Gasteiger partial charge is 0.262 e. The van der Waals surface area contributed by atoms with Crippen LogP contribution in [0.1, 0.15) is 24.7 Å². The lowest BCUT2D eigenvalue weighted by Gasteiger charge is -2.25. The zero-order valence-electron chi connectivity index (χ0n) is 13.3. The van der Waals surface area contributed by atoms with Gasteiger partial charge in [0, 0.05) is 20.5 Å². The first-order valence-electron chi connectivity index (χ1n) is 7.43. The Morgan fingerprint density at radius 2 is 2.00 bits per heavy atom. The monoisotopic (exact) mass is 314 g/mol. The van der Waals surface area contributed by atoms with Gasteiger partial charge in [0.15, 0.2) is 0 Å². The molecule has 2 amide bonds. The van der Waals surface area contributed by atoms with Crippen LogP contribution in [0.2, 0.25) is 0 Å². The first kappa shape index (κ1) is 15.2. The summed E-state index contributed by atoms with van der Waals surface area (Å²) in [6.45, 7) is 1.71. The third-order valence-electron chi connectivity index (χ3n) is 4.09. The van der Waals surface area contributed by atoms with Gasteiger partial charge in [0.05, 0.1) is 11.1 Å². The molecule has 1 atom stereocenters. The summed E-state index contributed by atoms with van der Waals surface area (Å²) in [5.74, 6) is -0.289. The van der Waals surface area contributed by atoms with Crippen LogP contribution in [0.15, 0.2) is 23.0 Å². The molecule has 1 aromatic heterocycles. The van der Waals surface area contributed by atoms with Crippen molar-refractivity contribution in [2.75, 3.05) is 19.0 Å². The molecular weight excluding hydrogens is 296 g/mol. The Bertz CT molecular complexity index is 869. The molecular formula is C16H18N4O3. The van der Waals surface area contributed by atoms with Gasteiger partial charge in [-0.05, 0) is 25.5 Å². The van der Waals surface area contributed by atoms with Crippen molar-refractivity contribution in [3.05, 3.63) is 34.4 Å². The van der Waals surface area contributed by atoms with Crippen molar-refractivity contribution in [1.29, 1.82) is 0 Å². The molecule has 7 heteroatoms. The van der Waals surface area contributed by atoms with E-state index in [0.29, 0.717) is 23.1 Å². The number of benzene rings is 1. The van der Waals surface area contributed by atoms with E-state index in [4.69, 9.17) is 0 Å². The van der Waals surface area contributed by atoms with E-state index in [1.54, 1.807) is 19.1 Å². The summed E-state index contributed by atoms with van der Waals surface area (Å²) >= 11 is 0. The number of nitrogens with one attached hydrogen (secondary N) is 1. The summed E-state index contributed by atoms with van der Waals surface area (Å²) in [4.78, 5) is 42.7. The van der Waals surface area contributed by atoms with Crippen LogP contribution in [-0.2, 0) is 9.59 Å². The van der Waals surface area contributed by atoms with Crippen LogP contribution in [0.5, 0.6) is 0 Å². The summed E-state index contributed by atoms with van der Waals surface area (Å²) in [7, 11) is 3.77. The number of nitrogens with zero attached hydrogens (tertiary/aromatic N) is 3. The molecule has 1 N–H and O–H groups in total. The van der Waals surface area contributed by atoms with E-state index in [1.165, 1.54) is 4.57 Å². The van der Waals surface area contributed by atoms with Crippen molar-refractivity contribution >= 4 is 28.4 Å². The second-order valence-corrected chi connectivity index (χ2v) is 5.87. The topological polar surface area (TPSA) is 84.3 Å². The molecule has 7 nitrogen and oxygen atoms in total. The van der Waals surface area contributed by atoms with Gasteiger partial charge in [-0.2, -0.15) is 0 Å². The molecule has 0 saturated carbocycles. The Kier molecular flexibility index (Phi) is 3.63. The van der Waals surface area contributed by atoms with Crippen LogP contribution in [0, 0.1) is 6.92 Å². The molecule has 0 radical (unpaired) electrons. The molecule has 2 aromatic rings. The second kappa shape index (κ2) is 5.49. The molecule has 0 aliphatic carbocycles. The van der Waals surface area contributed by atoms with Crippen LogP contribution in [0.3, 0.4) is 0 Å². The quantitative estimate of drug-likeness (QED) is 0.827. The summed E-state index contributed by atoms with van der Waals surface area (Å²) in [6, 6.07) is 4.70. The second-order valence-electron chi connectivity index (χ2n) is 5.87. The number of hydrogen-bond donors (Lipinski definition) is 1. The van der Waals surface area contributed by atoms with E-state index in [0.717, 1.165) is 5.69 Å². The Morgan fingerprint density at radius 1 is 1.26 bits per heavy atom. The fraction of sp³-hybridized carbons (Fsp3) is 0.375. The zero-order chi connectivity index (χ0) is 16.7. The minimum atomic E-state index is -0.694. The van der Waals surface area contributed by atoms with Crippen molar-refractivity contribution in [2.24, 2.45) is 0 Å². The Labute approximate surface area is 132 Å². The molecule has 3 rings (SSSR count).